The van der Waals surface area contributed by atoms with Crippen molar-refractivity contribution in [2.24, 2.45) is 4.99 Å². The van der Waals surface area contributed by atoms with E-state index >= 15 is 0 Å². The first-order chi connectivity index (χ1) is 15.6. The molecule has 6 nitrogen and oxygen atoms in total. The smallest absolute Gasteiger partial charge is 0.266 e. The van der Waals surface area contributed by atoms with Crippen LogP contribution >= 0.6 is 27.7 Å². The van der Waals surface area contributed by atoms with E-state index in [1.54, 1.807) is 12.0 Å². The van der Waals surface area contributed by atoms with Crippen molar-refractivity contribution in [3.05, 3.63) is 57.4 Å². The standard InChI is InChI=1S/C24H23BrN2O4S/c1-4-12-31-22-19(25)14-17(15-20(22)30-5-2)16-21-23(28)27(11-13-29-3)24(32-21)26-18-9-7-6-8-10-18/h1,6-10,14-16H,5,11-13H2,2-3H3. The Labute approximate surface area is 200 Å². The molecule has 32 heavy (non-hydrogen) atoms. The van der Waals surface area contributed by atoms with Crippen LogP contribution in [0.1, 0.15) is 12.5 Å². The minimum absolute atomic E-state index is 0.122. The third kappa shape index (κ3) is 5.94. The number of para-hydroxylation sites is 1. The topological polar surface area (TPSA) is 60.4 Å². The fourth-order valence-corrected chi connectivity index (χ4v) is 4.52. The molecule has 0 saturated carbocycles. The molecule has 8 heteroatoms. The summed E-state index contributed by atoms with van der Waals surface area (Å²) in [5.74, 6) is 3.41. The Morgan fingerprint density at radius 1 is 1.25 bits per heavy atom. The van der Waals surface area contributed by atoms with Crippen molar-refractivity contribution in [2.45, 2.75) is 6.92 Å². The van der Waals surface area contributed by atoms with Crippen LogP contribution in [0, 0.1) is 12.3 Å². The van der Waals surface area contributed by atoms with Crippen LogP contribution in [0.25, 0.3) is 6.08 Å². The number of methoxy groups -OCH3 is 1. The number of carbonyl (C=O) groups excluding carboxylic acids is 1. The van der Waals surface area contributed by atoms with Gasteiger partial charge in [-0.15, -0.1) is 6.42 Å². The van der Waals surface area contributed by atoms with Gasteiger partial charge in [0.15, 0.2) is 16.7 Å². The Hall–Kier alpha value is -2.73. The summed E-state index contributed by atoms with van der Waals surface area (Å²) in [5, 5.41) is 0.613. The average Bonchev–Trinajstić information content (AvgIpc) is 3.06. The minimum atomic E-state index is -0.122. The fourth-order valence-electron chi connectivity index (χ4n) is 2.92. The van der Waals surface area contributed by atoms with E-state index in [1.807, 2.05) is 55.5 Å². The third-order valence-corrected chi connectivity index (χ3v) is 5.91. The van der Waals surface area contributed by atoms with Gasteiger partial charge in [-0.25, -0.2) is 4.99 Å². The van der Waals surface area contributed by atoms with E-state index in [0.717, 1.165) is 11.3 Å². The van der Waals surface area contributed by atoms with E-state index in [2.05, 4.69) is 26.8 Å². The summed E-state index contributed by atoms with van der Waals surface area (Å²) in [5.41, 5.74) is 1.57. The first-order valence-corrected chi connectivity index (χ1v) is 11.5. The van der Waals surface area contributed by atoms with Gasteiger partial charge in [-0.05, 0) is 70.5 Å². The monoisotopic (exact) mass is 514 g/mol. The highest BCUT2D eigenvalue weighted by atomic mass is 79.9. The maximum atomic E-state index is 13.1. The molecule has 3 rings (SSSR count). The number of amides is 1. The van der Waals surface area contributed by atoms with Gasteiger partial charge in [0.2, 0.25) is 0 Å². The van der Waals surface area contributed by atoms with Gasteiger partial charge in [0, 0.05) is 7.11 Å². The number of aliphatic imine (C=N–C) groups is 1. The molecule has 1 heterocycles. The maximum Gasteiger partial charge on any atom is 0.266 e. The molecular weight excluding hydrogens is 492 g/mol. The normalized spacial score (nSPS) is 15.9. The average molecular weight is 515 g/mol. The van der Waals surface area contributed by atoms with Crippen molar-refractivity contribution < 1.29 is 19.0 Å². The van der Waals surface area contributed by atoms with Crippen LogP contribution in [-0.4, -0.2) is 49.4 Å². The predicted octanol–water partition coefficient (Wildman–Crippen LogP) is 5.11. The van der Waals surface area contributed by atoms with Crippen LogP contribution in [0.2, 0.25) is 0 Å². The Balaban J connectivity index is 1.96. The highest BCUT2D eigenvalue weighted by Crippen LogP contribution is 2.39. The van der Waals surface area contributed by atoms with Gasteiger partial charge in [-0.2, -0.15) is 0 Å². The zero-order chi connectivity index (χ0) is 22.9. The van der Waals surface area contributed by atoms with Crippen molar-refractivity contribution in [3.8, 4) is 23.8 Å². The number of benzene rings is 2. The van der Waals surface area contributed by atoms with Gasteiger partial charge in [0.05, 0.1) is 34.8 Å². The van der Waals surface area contributed by atoms with Gasteiger partial charge >= 0.3 is 0 Å². The Bertz CT molecular complexity index is 1060. The van der Waals surface area contributed by atoms with Gasteiger partial charge in [-0.1, -0.05) is 24.1 Å². The zero-order valence-corrected chi connectivity index (χ0v) is 20.2. The van der Waals surface area contributed by atoms with E-state index in [4.69, 9.17) is 20.6 Å². The predicted molar refractivity (Wildman–Crippen MR) is 132 cm³/mol. The number of amidine groups is 1. The lowest BCUT2D eigenvalue weighted by molar-refractivity contribution is -0.122. The summed E-state index contributed by atoms with van der Waals surface area (Å²) in [4.78, 5) is 20.0. The summed E-state index contributed by atoms with van der Waals surface area (Å²) in [7, 11) is 1.61. The lowest BCUT2D eigenvalue weighted by Gasteiger charge is -2.14. The zero-order valence-electron chi connectivity index (χ0n) is 17.8. The maximum absolute atomic E-state index is 13.1. The molecule has 1 fully saturated rings. The highest BCUT2D eigenvalue weighted by molar-refractivity contribution is 9.10. The number of hydrogen-bond donors (Lipinski definition) is 0. The van der Waals surface area contributed by atoms with Crippen LogP contribution in [0.15, 0.2) is 56.8 Å². The molecule has 0 aliphatic carbocycles. The van der Waals surface area contributed by atoms with E-state index in [9.17, 15) is 4.79 Å². The molecule has 0 unspecified atom stereocenters. The summed E-state index contributed by atoms with van der Waals surface area (Å²) >= 11 is 4.85. The van der Waals surface area contributed by atoms with Gasteiger partial charge in [0.25, 0.3) is 5.91 Å². The Kier molecular flexibility index (Phi) is 8.80. The molecule has 1 aliphatic rings. The molecule has 0 atom stereocenters. The molecule has 166 valence electrons. The number of halogens is 1. The molecule has 2 aromatic carbocycles. The summed E-state index contributed by atoms with van der Waals surface area (Å²) in [6.07, 6.45) is 7.13. The molecule has 0 aromatic heterocycles. The second-order valence-corrected chi connectivity index (χ2v) is 8.41. The Morgan fingerprint density at radius 3 is 2.72 bits per heavy atom. The number of nitrogens with zero attached hydrogens (tertiary/aromatic N) is 2. The molecule has 1 aliphatic heterocycles. The SMILES string of the molecule is C#CCOc1c(Br)cc(C=C2SC(=Nc3ccccc3)N(CCOC)C2=O)cc1OCC. The summed E-state index contributed by atoms with van der Waals surface area (Å²) < 4.78 is 17.2. The van der Waals surface area contributed by atoms with Crippen molar-refractivity contribution in [3.63, 3.8) is 0 Å². The van der Waals surface area contributed by atoms with E-state index in [0.29, 0.717) is 45.8 Å². The number of rotatable bonds is 9. The minimum Gasteiger partial charge on any atom is -0.490 e. The molecule has 0 bridgehead atoms. The number of ether oxygens (including phenoxy) is 3. The van der Waals surface area contributed by atoms with Gasteiger partial charge in [0.1, 0.15) is 6.61 Å². The van der Waals surface area contributed by atoms with Crippen LogP contribution in [0.3, 0.4) is 0 Å². The molecule has 0 N–H and O–H groups in total. The third-order valence-electron chi connectivity index (χ3n) is 4.32. The van der Waals surface area contributed by atoms with Crippen LogP contribution in [0.5, 0.6) is 11.5 Å². The number of thioether (sulfide) groups is 1. The molecule has 1 saturated heterocycles. The lowest BCUT2D eigenvalue weighted by atomic mass is 10.2. The molecule has 0 spiro atoms. The second-order valence-electron chi connectivity index (χ2n) is 6.55. The largest absolute Gasteiger partial charge is 0.490 e. The van der Waals surface area contributed by atoms with Gasteiger partial charge in [-0.3, -0.25) is 9.69 Å². The van der Waals surface area contributed by atoms with Crippen LogP contribution < -0.4 is 9.47 Å². The van der Waals surface area contributed by atoms with Crippen LogP contribution in [-0.2, 0) is 9.53 Å². The molecule has 1 amide bonds. The Morgan fingerprint density at radius 2 is 2.03 bits per heavy atom. The highest BCUT2D eigenvalue weighted by Gasteiger charge is 2.33. The van der Waals surface area contributed by atoms with Crippen molar-refractivity contribution >= 4 is 50.5 Å². The summed E-state index contributed by atoms with van der Waals surface area (Å²) in [6, 6.07) is 13.2. The number of terminal acetylenes is 1. The quantitative estimate of drug-likeness (QED) is 0.343. The van der Waals surface area contributed by atoms with Crippen molar-refractivity contribution in [1.29, 1.82) is 0 Å². The first kappa shape index (κ1) is 23.9. The van der Waals surface area contributed by atoms with Crippen molar-refractivity contribution in [1.82, 2.24) is 4.90 Å². The molecule has 0 radical (unpaired) electrons. The molecular formula is C24H23BrN2O4S. The number of hydrogen-bond acceptors (Lipinski definition) is 6. The molecule has 2 aromatic rings. The van der Waals surface area contributed by atoms with E-state index in [-0.39, 0.29) is 12.5 Å². The summed E-state index contributed by atoms with van der Waals surface area (Å²) in [6.45, 7) is 3.31. The van der Waals surface area contributed by atoms with E-state index in [1.165, 1.54) is 11.8 Å². The lowest BCUT2D eigenvalue weighted by Crippen LogP contribution is -2.32. The van der Waals surface area contributed by atoms with Gasteiger partial charge < -0.3 is 14.2 Å². The first-order valence-electron chi connectivity index (χ1n) is 9.94. The fraction of sp³-hybridized carbons (Fsp3) is 0.250. The van der Waals surface area contributed by atoms with E-state index < -0.39 is 0 Å². The van der Waals surface area contributed by atoms with Crippen molar-refractivity contribution in [2.75, 3.05) is 33.5 Å². The second kappa shape index (κ2) is 11.8. The van der Waals surface area contributed by atoms with Crippen LogP contribution in [0.4, 0.5) is 5.69 Å². The number of carbonyl (C=O) groups is 1.